The number of alkyl halides is 3. The van der Waals surface area contributed by atoms with E-state index in [1.165, 1.54) is 16.7 Å². The maximum Gasteiger partial charge on any atom is 0.417 e. The van der Waals surface area contributed by atoms with Gasteiger partial charge in [-0.1, -0.05) is 23.7 Å². The zero-order chi connectivity index (χ0) is 23.2. The van der Waals surface area contributed by atoms with Gasteiger partial charge in [0, 0.05) is 19.3 Å². The highest BCUT2D eigenvalue weighted by Gasteiger charge is 2.38. The summed E-state index contributed by atoms with van der Waals surface area (Å²) in [5, 5.41) is 19.1. The molecule has 2 aromatic heterocycles. The van der Waals surface area contributed by atoms with Crippen LogP contribution < -0.4 is 4.90 Å². The number of aliphatic carboxylic acids is 1. The van der Waals surface area contributed by atoms with Gasteiger partial charge in [-0.05, 0) is 30.7 Å². The SMILES string of the molecule is O=C(c1c(Cl)cccc1C(F)(F)F)c1nc(N2CC[C@H](C(=O)O)[C@@H](O)C2)c2ccccn12. The van der Waals surface area contributed by atoms with Crippen LogP contribution in [-0.2, 0) is 11.0 Å². The Morgan fingerprint density at radius 1 is 1.16 bits per heavy atom. The predicted octanol–water partition coefficient (Wildman–Crippen LogP) is 3.51. The fourth-order valence-corrected chi connectivity index (χ4v) is 4.19. The molecule has 0 aliphatic carbocycles. The molecule has 32 heavy (non-hydrogen) atoms. The van der Waals surface area contributed by atoms with Crippen molar-refractivity contribution >= 4 is 34.7 Å². The number of nitrogens with zero attached hydrogens (tertiary/aromatic N) is 3. The minimum absolute atomic E-state index is 0.0495. The summed E-state index contributed by atoms with van der Waals surface area (Å²) in [5.74, 6) is -3.06. The number of carbonyl (C=O) groups excluding carboxylic acids is 1. The van der Waals surface area contributed by atoms with Crippen LogP contribution in [0.1, 0.15) is 28.2 Å². The number of halogens is 4. The number of ketones is 1. The number of carboxylic acids is 1. The van der Waals surface area contributed by atoms with Gasteiger partial charge in [0.05, 0.1) is 33.7 Å². The molecule has 0 bridgehead atoms. The molecule has 2 N–H and O–H groups in total. The molecule has 1 aliphatic heterocycles. The van der Waals surface area contributed by atoms with Crippen molar-refractivity contribution in [2.24, 2.45) is 5.92 Å². The molecule has 7 nitrogen and oxygen atoms in total. The number of aliphatic hydroxyl groups excluding tert-OH is 1. The number of rotatable bonds is 4. The number of aromatic nitrogens is 2. The second-order valence-electron chi connectivity index (χ2n) is 7.45. The normalized spacial score (nSPS) is 19.3. The molecule has 0 radical (unpaired) electrons. The molecular formula is C21H17ClF3N3O4. The number of carboxylic acid groups (broad SMARTS) is 1. The highest BCUT2D eigenvalue weighted by Crippen LogP contribution is 2.37. The number of β-amino-alcohol motifs (C(OH)–C–C–N with tert-alkyl or cyclic N) is 1. The topological polar surface area (TPSA) is 95.1 Å². The summed E-state index contributed by atoms with van der Waals surface area (Å²) in [5.41, 5.74) is -1.44. The Kier molecular flexibility index (Phi) is 5.59. The molecule has 4 rings (SSSR count). The fraction of sp³-hybridized carbons (Fsp3) is 0.286. The number of carbonyl (C=O) groups is 2. The van der Waals surface area contributed by atoms with Crippen LogP contribution >= 0.6 is 11.6 Å². The summed E-state index contributed by atoms with van der Waals surface area (Å²) >= 11 is 5.99. The molecule has 1 fully saturated rings. The molecule has 1 saturated heterocycles. The smallest absolute Gasteiger partial charge is 0.417 e. The van der Waals surface area contributed by atoms with Crippen LogP contribution in [0.4, 0.5) is 19.0 Å². The van der Waals surface area contributed by atoms with E-state index in [0.29, 0.717) is 5.52 Å². The van der Waals surface area contributed by atoms with Crippen LogP contribution in [-0.4, -0.2) is 50.5 Å². The van der Waals surface area contributed by atoms with Crippen molar-refractivity contribution in [1.29, 1.82) is 0 Å². The first kappa shape index (κ1) is 22.1. The van der Waals surface area contributed by atoms with Gasteiger partial charge >= 0.3 is 12.1 Å². The first-order valence-corrected chi connectivity index (χ1v) is 10.0. The second-order valence-corrected chi connectivity index (χ2v) is 7.86. The summed E-state index contributed by atoms with van der Waals surface area (Å²) in [7, 11) is 0. The Morgan fingerprint density at radius 2 is 1.91 bits per heavy atom. The third kappa shape index (κ3) is 3.80. The van der Waals surface area contributed by atoms with E-state index >= 15 is 0 Å². The Bertz CT molecular complexity index is 1210. The van der Waals surface area contributed by atoms with Gasteiger partial charge in [0.2, 0.25) is 5.78 Å². The van der Waals surface area contributed by atoms with E-state index in [2.05, 4.69) is 4.98 Å². The maximum absolute atomic E-state index is 13.5. The molecule has 168 valence electrons. The molecule has 1 aliphatic rings. The van der Waals surface area contributed by atoms with Crippen LogP contribution in [0.25, 0.3) is 5.52 Å². The number of hydrogen-bond acceptors (Lipinski definition) is 5. The van der Waals surface area contributed by atoms with Crippen molar-refractivity contribution in [3.05, 3.63) is 64.6 Å². The van der Waals surface area contributed by atoms with Gasteiger partial charge in [-0.15, -0.1) is 0 Å². The lowest BCUT2D eigenvalue weighted by Gasteiger charge is -2.34. The van der Waals surface area contributed by atoms with E-state index in [-0.39, 0.29) is 36.2 Å². The second kappa shape index (κ2) is 8.10. The Morgan fingerprint density at radius 3 is 2.56 bits per heavy atom. The lowest BCUT2D eigenvalue weighted by atomic mass is 9.94. The quantitative estimate of drug-likeness (QED) is 0.570. The highest BCUT2D eigenvalue weighted by atomic mass is 35.5. The largest absolute Gasteiger partial charge is 0.481 e. The standard InChI is InChI=1S/C21H17ClF3N3O4/c22-13-5-3-4-12(21(23,24)25)16(13)17(30)19-26-18(14-6-1-2-8-28(14)19)27-9-7-11(20(31)32)15(29)10-27/h1-6,8,11,15,29H,7,9-10H2,(H,31,32)/t11-,15-/m0/s1. The predicted molar refractivity (Wildman–Crippen MR) is 109 cm³/mol. The summed E-state index contributed by atoms with van der Waals surface area (Å²) in [6.45, 7) is 0.190. The average molecular weight is 468 g/mol. The van der Waals surface area contributed by atoms with E-state index in [0.717, 1.165) is 12.1 Å². The lowest BCUT2D eigenvalue weighted by molar-refractivity contribution is -0.146. The molecule has 1 aromatic carbocycles. The van der Waals surface area contributed by atoms with Gasteiger partial charge in [-0.25, -0.2) is 4.98 Å². The monoisotopic (exact) mass is 467 g/mol. The number of benzene rings is 1. The van der Waals surface area contributed by atoms with Crippen LogP contribution in [0.2, 0.25) is 5.02 Å². The zero-order valence-electron chi connectivity index (χ0n) is 16.4. The Balaban J connectivity index is 1.80. The fourth-order valence-electron chi connectivity index (χ4n) is 3.93. The highest BCUT2D eigenvalue weighted by molar-refractivity contribution is 6.35. The molecular weight excluding hydrogens is 451 g/mol. The minimum Gasteiger partial charge on any atom is -0.481 e. The molecule has 0 unspecified atom stereocenters. The van der Waals surface area contributed by atoms with E-state index in [1.54, 1.807) is 23.1 Å². The van der Waals surface area contributed by atoms with Gasteiger partial charge < -0.3 is 15.1 Å². The van der Waals surface area contributed by atoms with Crippen molar-refractivity contribution in [3.63, 3.8) is 0 Å². The van der Waals surface area contributed by atoms with E-state index in [9.17, 15) is 33.0 Å². The third-order valence-electron chi connectivity index (χ3n) is 5.48. The molecule has 0 saturated carbocycles. The van der Waals surface area contributed by atoms with Crippen molar-refractivity contribution in [2.75, 3.05) is 18.0 Å². The van der Waals surface area contributed by atoms with Crippen molar-refractivity contribution in [2.45, 2.75) is 18.7 Å². The third-order valence-corrected chi connectivity index (χ3v) is 5.79. The summed E-state index contributed by atoms with van der Waals surface area (Å²) in [6, 6.07) is 8.00. The van der Waals surface area contributed by atoms with Crippen LogP contribution in [0.5, 0.6) is 0 Å². The molecule has 2 atom stereocenters. The summed E-state index contributed by atoms with van der Waals surface area (Å²) in [4.78, 5) is 30.4. The van der Waals surface area contributed by atoms with E-state index in [1.807, 2.05) is 0 Å². The van der Waals surface area contributed by atoms with Gasteiger partial charge in [0.25, 0.3) is 0 Å². The van der Waals surface area contributed by atoms with Crippen molar-refractivity contribution in [3.8, 4) is 0 Å². The van der Waals surface area contributed by atoms with Gasteiger partial charge in [0.15, 0.2) is 11.6 Å². The molecule has 3 heterocycles. The zero-order valence-corrected chi connectivity index (χ0v) is 17.1. The number of imidazole rings is 1. The van der Waals surface area contributed by atoms with Crippen LogP contribution in [0, 0.1) is 5.92 Å². The number of pyridine rings is 1. The summed E-state index contributed by atoms with van der Waals surface area (Å²) in [6.07, 6.45) is -4.33. The number of anilines is 1. The van der Waals surface area contributed by atoms with Crippen molar-refractivity contribution < 1.29 is 33.0 Å². The summed E-state index contributed by atoms with van der Waals surface area (Å²) < 4.78 is 42.0. The van der Waals surface area contributed by atoms with Crippen LogP contribution in [0.3, 0.4) is 0 Å². The van der Waals surface area contributed by atoms with E-state index < -0.39 is 41.1 Å². The van der Waals surface area contributed by atoms with Crippen molar-refractivity contribution in [1.82, 2.24) is 9.38 Å². The Labute approximate surface area is 184 Å². The molecule has 0 amide bonds. The molecule has 3 aromatic rings. The first-order chi connectivity index (χ1) is 15.1. The molecule has 0 spiro atoms. The minimum atomic E-state index is -4.80. The maximum atomic E-state index is 13.5. The molecule has 11 heteroatoms. The number of piperidine rings is 1. The van der Waals surface area contributed by atoms with Gasteiger partial charge in [0.1, 0.15) is 0 Å². The number of hydrogen-bond donors (Lipinski definition) is 2. The van der Waals surface area contributed by atoms with Crippen LogP contribution in [0.15, 0.2) is 42.6 Å². The number of aliphatic hydroxyl groups is 1. The van der Waals surface area contributed by atoms with Gasteiger partial charge in [-0.2, -0.15) is 13.2 Å². The average Bonchev–Trinajstić information content (AvgIpc) is 3.12. The van der Waals surface area contributed by atoms with E-state index in [4.69, 9.17) is 11.6 Å². The Hall–Kier alpha value is -3.11. The van der Waals surface area contributed by atoms with Gasteiger partial charge in [-0.3, -0.25) is 14.0 Å². The lowest BCUT2D eigenvalue weighted by Crippen LogP contribution is -2.46. The first-order valence-electron chi connectivity index (χ1n) is 9.63. The number of fused-ring (bicyclic) bond motifs is 1.